The molecule has 0 aliphatic heterocycles. The highest BCUT2D eigenvalue weighted by molar-refractivity contribution is 6.28. The van der Waals surface area contributed by atoms with Crippen LogP contribution in [0.4, 0.5) is 0 Å². The molecule has 1 fully saturated rings. The zero-order chi connectivity index (χ0) is 29.5. The Kier molecular flexibility index (Phi) is 4.98. The maximum absolute atomic E-state index is 5.28. The lowest BCUT2D eigenvalue weighted by molar-refractivity contribution is 0.718. The van der Waals surface area contributed by atoms with Gasteiger partial charge in [0.05, 0.1) is 27.5 Å². The Morgan fingerprint density at radius 2 is 1.18 bits per heavy atom. The monoisotopic (exact) mass is 577 g/mol. The number of nitrogens with zero attached hydrogens (tertiary/aromatic N) is 5. The number of allylic oxidation sites excluding steroid dienone is 4. The molecule has 2 unspecified atom stereocenters. The van der Waals surface area contributed by atoms with Gasteiger partial charge in [-0.25, -0.2) is 4.98 Å². The van der Waals surface area contributed by atoms with E-state index in [2.05, 4.69) is 137 Å². The van der Waals surface area contributed by atoms with Crippen molar-refractivity contribution in [1.82, 2.24) is 24.1 Å². The summed E-state index contributed by atoms with van der Waals surface area (Å²) >= 11 is 0. The lowest BCUT2D eigenvalue weighted by Crippen LogP contribution is -2.17. The molecule has 212 valence electrons. The maximum Gasteiger partial charge on any atom is 0.238 e. The first-order chi connectivity index (χ1) is 22.3. The molecule has 0 saturated heterocycles. The Labute approximate surface area is 259 Å². The van der Waals surface area contributed by atoms with Crippen LogP contribution in [-0.2, 0) is 5.41 Å². The van der Waals surface area contributed by atoms with E-state index in [0.29, 0.717) is 17.7 Å². The number of rotatable bonds is 4. The van der Waals surface area contributed by atoms with Gasteiger partial charge in [-0.3, -0.25) is 4.57 Å². The Morgan fingerprint density at radius 1 is 0.556 bits per heavy atom. The number of hydrogen-bond acceptors (Lipinski definition) is 3. The summed E-state index contributed by atoms with van der Waals surface area (Å²) in [6.07, 6.45) is 9.85. The molecule has 0 N–H and O–H groups in total. The number of para-hydroxylation sites is 3. The van der Waals surface area contributed by atoms with E-state index in [-0.39, 0.29) is 5.41 Å². The molecule has 3 heterocycles. The SMILES string of the molecule is C1=CC2CC2(c2nc(-c3ccccc3)nc(-n3c4ccccc4c4c5c6ccccc6n(-c6ccccc6)c5ccc43)n2)C=C1. The highest BCUT2D eigenvalue weighted by Gasteiger charge is 2.55. The second-order valence-electron chi connectivity index (χ2n) is 12.1. The van der Waals surface area contributed by atoms with Gasteiger partial charge in [0.25, 0.3) is 0 Å². The molecule has 8 aromatic rings. The van der Waals surface area contributed by atoms with Gasteiger partial charge in [-0.2, -0.15) is 9.97 Å². The van der Waals surface area contributed by atoms with Crippen molar-refractivity contribution >= 4 is 43.6 Å². The molecule has 5 heteroatoms. The third kappa shape index (κ3) is 3.46. The average molecular weight is 578 g/mol. The van der Waals surface area contributed by atoms with E-state index >= 15 is 0 Å². The molecule has 2 aliphatic carbocycles. The topological polar surface area (TPSA) is 48.5 Å². The van der Waals surface area contributed by atoms with Crippen LogP contribution in [0.25, 0.3) is 66.6 Å². The standard InChI is InChI=1S/C40H27N5/c1-3-13-26(14-4-1)37-41-38(40-24-12-11-15-27(40)25-40)43-39(42-37)45-32-21-10-8-19-30(32)36-34(45)23-22-33-35(36)29-18-7-9-20-31(29)44(33)28-16-5-2-6-17-28/h1-24,27H,25H2. The second kappa shape index (κ2) is 9.10. The Balaban J connectivity index is 1.32. The number of aromatic nitrogens is 5. The molecule has 0 bridgehead atoms. The summed E-state index contributed by atoms with van der Waals surface area (Å²) in [5, 5.41) is 4.85. The van der Waals surface area contributed by atoms with E-state index in [9.17, 15) is 0 Å². The van der Waals surface area contributed by atoms with Gasteiger partial charge in [0.2, 0.25) is 5.95 Å². The summed E-state index contributed by atoms with van der Waals surface area (Å²) in [5.41, 5.74) is 6.49. The van der Waals surface area contributed by atoms with E-state index in [1.54, 1.807) is 0 Å². The Bertz CT molecular complexity index is 2520. The van der Waals surface area contributed by atoms with Crippen LogP contribution in [0.5, 0.6) is 0 Å². The van der Waals surface area contributed by atoms with Crippen LogP contribution < -0.4 is 0 Å². The minimum Gasteiger partial charge on any atom is -0.309 e. The summed E-state index contributed by atoms with van der Waals surface area (Å²) in [7, 11) is 0. The predicted octanol–water partition coefficient (Wildman–Crippen LogP) is 9.12. The minimum atomic E-state index is -0.175. The summed E-state index contributed by atoms with van der Waals surface area (Å²) in [6.45, 7) is 0. The number of hydrogen-bond donors (Lipinski definition) is 0. The van der Waals surface area contributed by atoms with Gasteiger partial charge in [0, 0.05) is 32.8 Å². The Hall–Kier alpha value is -5.81. The quantitative estimate of drug-likeness (QED) is 0.210. The van der Waals surface area contributed by atoms with Crippen LogP contribution in [0, 0.1) is 5.92 Å². The molecule has 10 rings (SSSR count). The van der Waals surface area contributed by atoms with E-state index in [1.165, 1.54) is 32.6 Å². The van der Waals surface area contributed by atoms with E-state index in [1.807, 2.05) is 18.2 Å². The lowest BCUT2D eigenvalue weighted by Gasteiger charge is -2.16. The first-order valence-corrected chi connectivity index (χ1v) is 15.5. The zero-order valence-corrected chi connectivity index (χ0v) is 24.4. The molecular formula is C40H27N5. The molecular weight excluding hydrogens is 550 g/mol. The van der Waals surface area contributed by atoms with Gasteiger partial charge in [0.15, 0.2) is 5.82 Å². The predicted molar refractivity (Wildman–Crippen MR) is 182 cm³/mol. The third-order valence-electron chi connectivity index (χ3n) is 9.67. The molecule has 2 aliphatic rings. The molecule has 5 nitrogen and oxygen atoms in total. The van der Waals surface area contributed by atoms with E-state index in [0.717, 1.165) is 34.5 Å². The van der Waals surface area contributed by atoms with Crippen molar-refractivity contribution in [2.45, 2.75) is 11.8 Å². The van der Waals surface area contributed by atoms with Crippen LogP contribution in [-0.4, -0.2) is 24.1 Å². The van der Waals surface area contributed by atoms with Crippen molar-refractivity contribution in [2.24, 2.45) is 5.92 Å². The molecule has 3 aromatic heterocycles. The summed E-state index contributed by atoms with van der Waals surface area (Å²) in [5.74, 6) is 2.61. The first kappa shape index (κ1) is 24.6. The van der Waals surface area contributed by atoms with Gasteiger partial charge in [-0.15, -0.1) is 0 Å². The Morgan fingerprint density at radius 3 is 1.89 bits per heavy atom. The molecule has 0 radical (unpaired) electrons. The van der Waals surface area contributed by atoms with Gasteiger partial charge < -0.3 is 4.57 Å². The van der Waals surface area contributed by atoms with E-state index < -0.39 is 0 Å². The van der Waals surface area contributed by atoms with Crippen molar-refractivity contribution < 1.29 is 0 Å². The first-order valence-electron chi connectivity index (χ1n) is 15.5. The smallest absolute Gasteiger partial charge is 0.238 e. The lowest BCUT2D eigenvalue weighted by atomic mass is 9.98. The highest BCUT2D eigenvalue weighted by Crippen LogP contribution is 2.57. The van der Waals surface area contributed by atoms with Crippen molar-refractivity contribution in [2.75, 3.05) is 0 Å². The van der Waals surface area contributed by atoms with Crippen molar-refractivity contribution in [1.29, 1.82) is 0 Å². The van der Waals surface area contributed by atoms with Crippen LogP contribution >= 0.6 is 0 Å². The van der Waals surface area contributed by atoms with Crippen molar-refractivity contribution in [3.8, 4) is 23.0 Å². The molecule has 5 aromatic carbocycles. The van der Waals surface area contributed by atoms with Crippen molar-refractivity contribution in [3.63, 3.8) is 0 Å². The fraction of sp³-hybridized carbons (Fsp3) is 0.0750. The molecule has 1 saturated carbocycles. The van der Waals surface area contributed by atoms with Crippen molar-refractivity contribution in [3.05, 3.63) is 151 Å². The van der Waals surface area contributed by atoms with Gasteiger partial charge >= 0.3 is 0 Å². The van der Waals surface area contributed by atoms with Gasteiger partial charge in [-0.1, -0.05) is 109 Å². The summed E-state index contributed by atoms with van der Waals surface area (Å²) < 4.78 is 4.62. The van der Waals surface area contributed by atoms with Crippen LogP contribution in [0.1, 0.15) is 12.2 Å². The summed E-state index contributed by atoms with van der Waals surface area (Å²) in [6, 6.07) is 42.8. The largest absolute Gasteiger partial charge is 0.309 e. The van der Waals surface area contributed by atoms with E-state index in [4.69, 9.17) is 15.0 Å². The zero-order valence-electron chi connectivity index (χ0n) is 24.4. The average Bonchev–Trinajstić information content (AvgIpc) is 3.65. The molecule has 2 atom stereocenters. The minimum absolute atomic E-state index is 0.175. The molecule has 45 heavy (non-hydrogen) atoms. The fourth-order valence-corrected chi connectivity index (χ4v) is 7.47. The normalized spacial score (nSPS) is 18.7. The molecule has 0 spiro atoms. The van der Waals surface area contributed by atoms with Gasteiger partial charge in [0.1, 0.15) is 5.82 Å². The van der Waals surface area contributed by atoms with Gasteiger partial charge in [-0.05, 0) is 48.7 Å². The maximum atomic E-state index is 5.28. The summed E-state index contributed by atoms with van der Waals surface area (Å²) in [4.78, 5) is 15.6. The van der Waals surface area contributed by atoms with Crippen LogP contribution in [0.15, 0.2) is 146 Å². The van der Waals surface area contributed by atoms with Crippen LogP contribution in [0.3, 0.4) is 0 Å². The van der Waals surface area contributed by atoms with Crippen LogP contribution in [0.2, 0.25) is 0 Å². The molecule has 0 amide bonds. The number of fused-ring (bicyclic) bond motifs is 8. The second-order valence-corrected chi connectivity index (χ2v) is 12.1. The third-order valence-corrected chi connectivity index (χ3v) is 9.67. The highest BCUT2D eigenvalue weighted by atomic mass is 15.2. The number of benzene rings is 5. The fourth-order valence-electron chi connectivity index (χ4n) is 7.47.